The number of thioether (sulfide) groups is 1. The molecule has 96 valence electrons. The van der Waals surface area contributed by atoms with E-state index in [1.807, 2.05) is 31.4 Å². The Bertz CT molecular complexity index is 647. The summed E-state index contributed by atoms with van der Waals surface area (Å²) >= 11 is 1.53. The number of halogens is 1. The molecule has 0 spiro atoms. The maximum atomic E-state index is 13.1. The van der Waals surface area contributed by atoms with E-state index < -0.39 is 0 Å². The molecule has 0 bridgehead atoms. The lowest BCUT2D eigenvalue weighted by Crippen LogP contribution is -1.97. The summed E-state index contributed by atoms with van der Waals surface area (Å²) in [6.07, 6.45) is 1.93. The van der Waals surface area contributed by atoms with Crippen molar-refractivity contribution in [3.63, 3.8) is 0 Å². The minimum Gasteiger partial charge on any atom is -0.354 e. The summed E-state index contributed by atoms with van der Waals surface area (Å²) in [4.78, 5) is 0.923. The molecule has 4 heteroatoms. The molecule has 2 rings (SSSR count). The number of anilines is 2. The second kappa shape index (κ2) is 5.77. The molecule has 0 aromatic heterocycles. The van der Waals surface area contributed by atoms with Crippen molar-refractivity contribution in [3.8, 4) is 6.07 Å². The molecular weight excluding hydrogens is 259 g/mol. The van der Waals surface area contributed by atoms with Crippen LogP contribution < -0.4 is 5.32 Å². The Labute approximate surface area is 116 Å². The topological polar surface area (TPSA) is 35.8 Å². The van der Waals surface area contributed by atoms with Gasteiger partial charge in [-0.2, -0.15) is 5.26 Å². The van der Waals surface area contributed by atoms with Gasteiger partial charge in [-0.1, -0.05) is 6.07 Å². The number of nitrogens with zero attached hydrogens (tertiary/aromatic N) is 1. The van der Waals surface area contributed by atoms with Gasteiger partial charge in [0.25, 0.3) is 0 Å². The molecule has 0 aliphatic carbocycles. The Balaban J connectivity index is 2.41. The van der Waals surface area contributed by atoms with E-state index in [1.165, 1.54) is 23.9 Å². The number of rotatable bonds is 3. The maximum absolute atomic E-state index is 13.1. The molecule has 0 amide bonds. The smallest absolute Gasteiger partial charge is 0.123 e. The number of hydrogen-bond acceptors (Lipinski definition) is 3. The fraction of sp³-hybridized carbons (Fsp3) is 0.133. The normalized spacial score (nSPS) is 10.0. The van der Waals surface area contributed by atoms with Crippen LogP contribution in [0.15, 0.2) is 41.3 Å². The van der Waals surface area contributed by atoms with E-state index in [9.17, 15) is 9.65 Å². The SMILES string of the molecule is CSc1cccc(Nc2ccc(F)cc2C)c1C#N. The highest BCUT2D eigenvalue weighted by molar-refractivity contribution is 7.98. The molecule has 0 radical (unpaired) electrons. The van der Waals surface area contributed by atoms with Gasteiger partial charge >= 0.3 is 0 Å². The third-order valence-corrected chi connectivity index (χ3v) is 3.60. The van der Waals surface area contributed by atoms with Gasteiger partial charge in [-0.05, 0) is 49.1 Å². The summed E-state index contributed by atoms with van der Waals surface area (Å²) in [7, 11) is 0. The Morgan fingerprint density at radius 2 is 2.00 bits per heavy atom. The van der Waals surface area contributed by atoms with Crippen molar-refractivity contribution in [1.29, 1.82) is 5.26 Å². The standard InChI is InChI=1S/C15H13FN2S/c1-10-8-11(16)6-7-13(10)18-14-4-3-5-15(19-2)12(14)9-17/h3-8,18H,1-2H3. The average molecular weight is 272 g/mol. The van der Waals surface area contributed by atoms with Crippen LogP contribution in [0.3, 0.4) is 0 Å². The van der Waals surface area contributed by atoms with E-state index in [-0.39, 0.29) is 5.82 Å². The number of aryl methyl sites for hydroxylation is 1. The molecule has 0 saturated heterocycles. The van der Waals surface area contributed by atoms with Gasteiger partial charge in [0.15, 0.2) is 0 Å². The molecule has 0 aliphatic heterocycles. The fourth-order valence-electron chi connectivity index (χ4n) is 1.83. The molecule has 0 saturated carbocycles. The molecule has 0 unspecified atom stereocenters. The van der Waals surface area contributed by atoms with Gasteiger partial charge in [0.05, 0.1) is 11.3 Å². The summed E-state index contributed by atoms with van der Waals surface area (Å²) < 4.78 is 13.1. The first-order valence-corrected chi connectivity index (χ1v) is 6.98. The second-order valence-corrected chi connectivity index (χ2v) is 4.93. The van der Waals surface area contributed by atoms with E-state index in [0.717, 1.165) is 21.8 Å². The van der Waals surface area contributed by atoms with Gasteiger partial charge in [0.2, 0.25) is 0 Å². The van der Waals surface area contributed by atoms with Crippen LogP contribution in [0.4, 0.5) is 15.8 Å². The lowest BCUT2D eigenvalue weighted by atomic mass is 10.1. The number of nitriles is 1. The third kappa shape index (κ3) is 2.88. The van der Waals surface area contributed by atoms with Crippen LogP contribution in [0.25, 0.3) is 0 Å². The van der Waals surface area contributed by atoms with Crippen LogP contribution in [0.5, 0.6) is 0 Å². The van der Waals surface area contributed by atoms with Gasteiger partial charge in [0.1, 0.15) is 11.9 Å². The molecule has 0 heterocycles. The van der Waals surface area contributed by atoms with Gasteiger partial charge < -0.3 is 5.32 Å². The molecule has 2 aromatic rings. The lowest BCUT2D eigenvalue weighted by Gasteiger charge is -2.12. The van der Waals surface area contributed by atoms with Crippen LogP contribution in [0.1, 0.15) is 11.1 Å². The molecular formula is C15H13FN2S. The molecule has 2 nitrogen and oxygen atoms in total. The third-order valence-electron chi connectivity index (χ3n) is 2.82. The van der Waals surface area contributed by atoms with Crippen LogP contribution in [0.2, 0.25) is 0 Å². The number of benzene rings is 2. The number of nitrogens with one attached hydrogen (secondary N) is 1. The van der Waals surface area contributed by atoms with Crippen LogP contribution in [-0.2, 0) is 0 Å². The van der Waals surface area contributed by atoms with Crippen molar-refractivity contribution < 1.29 is 4.39 Å². The first kappa shape index (κ1) is 13.4. The summed E-state index contributed by atoms with van der Waals surface area (Å²) in [5.74, 6) is -0.263. The zero-order valence-electron chi connectivity index (χ0n) is 10.7. The van der Waals surface area contributed by atoms with Crippen molar-refractivity contribution in [2.24, 2.45) is 0 Å². The molecule has 0 atom stereocenters. The minimum atomic E-state index is -0.263. The van der Waals surface area contributed by atoms with Crippen molar-refractivity contribution in [2.75, 3.05) is 11.6 Å². The van der Waals surface area contributed by atoms with E-state index in [4.69, 9.17) is 0 Å². The van der Waals surface area contributed by atoms with E-state index >= 15 is 0 Å². The molecule has 19 heavy (non-hydrogen) atoms. The van der Waals surface area contributed by atoms with Crippen molar-refractivity contribution in [1.82, 2.24) is 0 Å². The largest absolute Gasteiger partial charge is 0.354 e. The van der Waals surface area contributed by atoms with E-state index in [1.54, 1.807) is 6.07 Å². The molecule has 0 aliphatic rings. The first-order valence-electron chi connectivity index (χ1n) is 5.76. The van der Waals surface area contributed by atoms with Gasteiger partial charge in [-0.25, -0.2) is 4.39 Å². The second-order valence-electron chi connectivity index (χ2n) is 4.08. The monoisotopic (exact) mass is 272 g/mol. The Morgan fingerprint density at radius 3 is 2.63 bits per heavy atom. The zero-order valence-corrected chi connectivity index (χ0v) is 11.5. The Morgan fingerprint density at radius 1 is 1.21 bits per heavy atom. The Kier molecular flexibility index (Phi) is 4.08. The van der Waals surface area contributed by atoms with Crippen molar-refractivity contribution >= 4 is 23.1 Å². The average Bonchev–Trinajstić information content (AvgIpc) is 2.41. The van der Waals surface area contributed by atoms with Gasteiger partial charge in [-0.3, -0.25) is 0 Å². The highest BCUT2D eigenvalue weighted by atomic mass is 32.2. The maximum Gasteiger partial charge on any atom is 0.123 e. The van der Waals surface area contributed by atoms with Gasteiger partial charge in [0, 0.05) is 10.6 Å². The quantitative estimate of drug-likeness (QED) is 0.837. The zero-order chi connectivity index (χ0) is 13.8. The van der Waals surface area contributed by atoms with Gasteiger partial charge in [-0.15, -0.1) is 11.8 Å². The minimum absolute atomic E-state index is 0.263. The van der Waals surface area contributed by atoms with Crippen LogP contribution in [-0.4, -0.2) is 6.26 Å². The van der Waals surface area contributed by atoms with Crippen molar-refractivity contribution in [3.05, 3.63) is 53.3 Å². The fourth-order valence-corrected chi connectivity index (χ4v) is 2.41. The van der Waals surface area contributed by atoms with Crippen molar-refractivity contribution in [2.45, 2.75) is 11.8 Å². The van der Waals surface area contributed by atoms with E-state index in [0.29, 0.717) is 5.56 Å². The lowest BCUT2D eigenvalue weighted by molar-refractivity contribution is 0.627. The molecule has 1 N–H and O–H groups in total. The van der Waals surface area contributed by atoms with Crippen LogP contribution >= 0.6 is 11.8 Å². The highest BCUT2D eigenvalue weighted by Crippen LogP contribution is 2.29. The summed E-state index contributed by atoms with van der Waals surface area (Å²) in [5, 5.41) is 12.4. The first-order chi connectivity index (χ1) is 9.15. The van der Waals surface area contributed by atoms with Crippen LogP contribution in [0, 0.1) is 24.1 Å². The van der Waals surface area contributed by atoms with E-state index in [2.05, 4.69) is 11.4 Å². The number of hydrogen-bond donors (Lipinski definition) is 1. The summed E-state index contributed by atoms with van der Waals surface area (Å²) in [6.45, 7) is 1.83. The summed E-state index contributed by atoms with van der Waals surface area (Å²) in [5.41, 5.74) is 2.96. The molecule has 2 aromatic carbocycles. The highest BCUT2D eigenvalue weighted by Gasteiger charge is 2.08. The Hall–Kier alpha value is -1.99. The summed E-state index contributed by atoms with van der Waals surface area (Å²) in [6, 6.07) is 12.4. The predicted octanol–water partition coefficient (Wildman–Crippen LogP) is 4.47. The predicted molar refractivity (Wildman–Crippen MR) is 77.4 cm³/mol. The molecule has 0 fully saturated rings.